The molecule has 4 aromatic rings. The molecular weight excluding hydrogens is 601 g/mol. The fourth-order valence-electron chi connectivity index (χ4n) is 5.06. The highest BCUT2D eigenvalue weighted by atomic mass is 32.2. The van der Waals surface area contributed by atoms with Gasteiger partial charge in [0.05, 0.1) is 22.3 Å². The van der Waals surface area contributed by atoms with E-state index in [4.69, 9.17) is 4.42 Å². The normalized spacial score (nSPS) is 13.4. The number of aliphatic hydroxyl groups is 1. The van der Waals surface area contributed by atoms with Gasteiger partial charge < -0.3 is 14.6 Å². The van der Waals surface area contributed by atoms with E-state index in [1.54, 1.807) is 12.1 Å². The summed E-state index contributed by atoms with van der Waals surface area (Å²) in [5, 5.41) is 20.1. The molecule has 238 valence electrons. The Morgan fingerprint density at radius 1 is 0.933 bits per heavy atom. The predicted octanol–water partition coefficient (Wildman–Crippen LogP) is 9.71. The quantitative estimate of drug-likeness (QED) is 0.0996. The van der Waals surface area contributed by atoms with E-state index in [2.05, 4.69) is 19.1 Å². The minimum atomic E-state index is -4.57. The zero-order valence-corrected chi connectivity index (χ0v) is 25.9. The number of fused-ring (bicyclic) bond motifs is 1. The van der Waals surface area contributed by atoms with Crippen molar-refractivity contribution in [2.24, 2.45) is 0 Å². The van der Waals surface area contributed by atoms with E-state index in [-0.39, 0.29) is 16.5 Å². The Balaban J connectivity index is 1.55. The van der Waals surface area contributed by atoms with Gasteiger partial charge in [-0.2, -0.15) is 13.2 Å². The van der Waals surface area contributed by atoms with Crippen LogP contribution in [-0.4, -0.2) is 21.4 Å². The molecule has 0 unspecified atom stereocenters. The first-order valence-corrected chi connectivity index (χ1v) is 16.0. The van der Waals surface area contributed by atoms with Gasteiger partial charge in [0.1, 0.15) is 5.58 Å². The van der Waals surface area contributed by atoms with E-state index >= 15 is 0 Å². The number of rotatable bonds is 15. The van der Waals surface area contributed by atoms with Crippen LogP contribution in [0, 0.1) is 0 Å². The molecule has 2 atom stereocenters. The summed E-state index contributed by atoms with van der Waals surface area (Å²) in [6.07, 6.45) is 7.33. The second kappa shape index (κ2) is 16.0. The number of unbranched alkanes of at least 4 members (excludes halogenated alkanes) is 6. The third-order valence-electron chi connectivity index (χ3n) is 7.58. The first-order valence-electron chi connectivity index (χ1n) is 15.2. The number of halogens is 3. The van der Waals surface area contributed by atoms with Crippen LogP contribution < -0.4 is 5.43 Å². The number of benzene rings is 3. The zero-order valence-electron chi connectivity index (χ0n) is 25.1. The molecule has 0 saturated heterocycles. The molecule has 1 heterocycles. The second-order valence-corrected chi connectivity index (χ2v) is 12.3. The number of hydrogen-bond donors (Lipinski definition) is 2. The van der Waals surface area contributed by atoms with E-state index in [0.717, 1.165) is 48.4 Å². The van der Waals surface area contributed by atoms with Gasteiger partial charge in [-0.05, 0) is 59.9 Å². The topological polar surface area (TPSA) is 87.7 Å². The lowest BCUT2D eigenvalue weighted by atomic mass is 10.0. The van der Waals surface area contributed by atoms with Crippen molar-refractivity contribution in [2.45, 2.75) is 80.7 Å². The summed E-state index contributed by atoms with van der Waals surface area (Å²) in [7, 11) is 0. The lowest BCUT2D eigenvalue weighted by molar-refractivity contribution is -0.137. The maximum absolute atomic E-state index is 13.4. The van der Waals surface area contributed by atoms with Crippen LogP contribution in [0.15, 0.2) is 93.0 Å². The Kier molecular flexibility index (Phi) is 12.1. The van der Waals surface area contributed by atoms with E-state index in [1.807, 2.05) is 18.2 Å². The number of alkyl halides is 3. The standard InChI is InChI=1S/C36H37F3O5S/c1-2-3-4-5-6-7-8-10-24-13-15-25(16-14-24)17-20-33(34(41)26-11-9-12-27(21-26)36(37,38)39)45-28-18-19-29-30(40)23-32(35(42)43)44-31(29)22-28/h9,11-23,33-34,41H,2-8,10H2,1H3,(H,42,43)/t33-,34+/m1/s1. The highest BCUT2D eigenvalue weighted by molar-refractivity contribution is 8.00. The number of aromatic carboxylic acids is 1. The summed E-state index contributed by atoms with van der Waals surface area (Å²) in [5.74, 6) is -1.90. The van der Waals surface area contributed by atoms with Crippen molar-refractivity contribution in [3.8, 4) is 0 Å². The lowest BCUT2D eigenvalue weighted by Gasteiger charge is -2.21. The number of carboxylic acids is 1. The Labute approximate surface area is 264 Å². The number of carboxylic acid groups (broad SMARTS) is 1. The van der Waals surface area contributed by atoms with Crippen molar-refractivity contribution in [1.29, 1.82) is 0 Å². The molecule has 0 aliphatic heterocycles. The number of carbonyl (C=O) groups is 1. The van der Waals surface area contributed by atoms with Crippen LogP contribution in [-0.2, 0) is 12.6 Å². The SMILES string of the molecule is CCCCCCCCCc1ccc(C=C[C@@H](Sc2ccc3c(=O)cc(C(=O)O)oc3c2)[C@@H](O)c2cccc(C(F)(F)F)c2)cc1. The average molecular weight is 639 g/mol. The van der Waals surface area contributed by atoms with Gasteiger partial charge in [-0.3, -0.25) is 4.79 Å². The highest BCUT2D eigenvalue weighted by Crippen LogP contribution is 2.37. The van der Waals surface area contributed by atoms with Gasteiger partial charge in [-0.15, -0.1) is 11.8 Å². The van der Waals surface area contributed by atoms with Crippen LogP contribution in [0.25, 0.3) is 17.0 Å². The van der Waals surface area contributed by atoms with Crippen molar-refractivity contribution >= 4 is 34.8 Å². The zero-order chi connectivity index (χ0) is 32.4. The minimum Gasteiger partial charge on any atom is -0.475 e. The van der Waals surface area contributed by atoms with E-state index < -0.39 is 40.3 Å². The first kappa shape index (κ1) is 34.1. The van der Waals surface area contributed by atoms with Crippen LogP contribution in [0.1, 0.15) is 90.8 Å². The highest BCUT2D eigenvalue weighted by Gasteiger charge is 2.31. The van der Waals surface area contributed by atoms with Crippen molar-refractivity contribution < 1.29 is 32.6 Å². The Bertz CT molecular complexity index is 1660. The van der Waals surface area contributed by atoms with E-state index in [9.17, 15) is 33.0 Å². The Morgan fingerprint density at radius 3 is 2.33 bits per heavy atom. The van der Waals surface area contributed by atoms with Gasteiger partial charge in [0.2, 0.25) is 5.76 Å². The maximum Gasteiger partial charge on any atom is 0.416 e. The molecule has 3 aromatic carbocycles. The van der Waals surface area contributed by atoms with Gasteiger partial charge >= 0.3 is 12.1 Å². The number of thioether (sulfide) groups is 1. The summed E-state index contributed by atoms with van der Waals surface area (Å²) >= 11 is 1.16. The summed E-state index contributed by atoms with van der Waals surface area (Å²) < 4.78 is 45.7. The van der Waals surface area contributed by atoms with Crippen LogP contribution in [0.2, 0.25) is 0 Å². The van der Waals surface area contributed by atoms with Crippen molar-refractivity contribution in [3.63, 3.8) is 0 Å². The summed E-state index contributed by atoms with van der Waals surface area (Å²) in [4.78, 5) is 24.3. The van der Waals surface area contributed by atoms with Crippen molar-refractivity contribution in [2.75, 3.05) is 0 Å². The maximum atomic E-state index is 13.4. The van der Waals surface area contributed by atoms with Gasteiger partial charge in [-0.1, -0.05) is 94.0 Å². The van der Waals surface area contributed by atoms with Crippen LogP contribution >= 0.6 is 11.8 Å². The summed E-state index contributed by atoms with van der Waals surface area (Å²) in [5.41, 5.74) is 0.873. The molecule has 1 aromatic heterocycles. The first-order chi connectivity index (χ1) is 21.5. The molecule has 0 aliphatic carbocycles. The molecule has 0 saturated carbocycles. The molecule has 4 rings (SSSR count). The minimum absolute atomic E-state index is 0.0535. The van der Waals surface area contributed by atoms with Crippen LogP contribution in [0.4, 0.5) is 13.2 Å². The lowest BCUT2D eigenvalue weighted by Crippen LogP contribution is -2.14. The smallest absolute Gasteiger partial charge is 0.416 e. The molecule has 45 heavy (non-hydrogen) atoms. The molecule has 0 radical (unpaired) electrons. The third-order valence-corrected chi connectivity index (χ3v) is 8.79. The van der Waals surface area contributed by atoms with Crippen molar-refractivity contribution in [3.05, 3.63) is 117 Å². The molecule has 2 N–H and O–H groups in total. The largest absolute Gasteiger partial charge is 0.475 e. The molecule has 5 nitrogen and oxygen atoms in total. The summed E-state index contributed by atoms with van der Waals surface area (Å²) in [6, 6.07) is 18.2. The van der Waals surface area contributed by atoms with Crippen LogP contribution in [0.5, 0.6) is 0 Å². The number of aliphatic hydroxyl groups excluding tert-OH is 1. The monoisotopic (exact) mass is 638 g/mol. The third kappa shape index (κ3) is 9.83. The number of aryl methyl sites for hydroxylation is 1. The predicted molar refractivity (Wildman–Crippen MR) is 173 cm³/mol. The Hall–Kier alpha value is -3.82. The van der Waals surface area contributed by atoms with Gasteiger partial charge in [0, 0.05) is 11.0 Å². The van der Waals surface area contributed by atoms with E-state index in [0.29, 0.717) is 4.90 Å². The van der Waals surface area contributed by atoms with Gasteiger partial charge in [0.25, 0.3) is 0 Å². The van der Waals surface area contributed by atoms with Gasteiger partial charge in [0.15, 0.2) is 5.43 Å². The molecule has 0 spiro atoms. The fraction of sp³-hybridized carbons (Fsp3) is 0.333. The Morgan fingerprint density at radius 2 is 1.64 bits per heavy atom. The van der Waals surface area contributed by atoms with Crippen molar-refractivity contribution in [1.82, 2.24) is 0 Å². The molecule has 0 aliphatic rings. The summed E-state index contributed by atoms with van der Waals surface area (Å²) in [6.45, 7) is 2.21. The molecule has 0 bridgehead atoms. The molecule has 9 heteroatoms. The fourth-order valence-corrected chi connectivity index (χ4v) is 6.14. The molecule has 0 amide bonds. The molecular formula is C36H37F3O5S. The average Bonchev–Trinajstić information content (AvgIpc) is 3.02. The molecule has 0 fully saturated rings. The van der Waals surface area contributed by atoms with E-state index in [1.165, 1.54) is 68.4 Å². The second-order valence-electron chi connectivity index (χ2n) is 11.1. The van der Waals surface area contributed by atoms with Crippen LogP contribution in [0.3, 0.4) is 0 Å². The number of hydrogen-bond acceptors (Lipinski definition) is 5. The van der Waals surface area contributed by atoms with Gasteiger partial charge in [-0.25, -0.2) is 4.79 Å².